The summed E-state index contributed by atoms with van der Waals surface area (Å²) < 4.78 is 0. The first-order valence-corrected chi connectivity index (χ1v) is 8.65. The highest BCUT2D eigenvalue weighted by molar-refractivity contribution is 5.87. The van der Waals surface area contributed by atoms with Gasteiger partial charge in [-0.15, -0.1) is 0 Å². The Morgan fingerprint density at radius 1 is 1.08 bits per heavy atom. The maximum Gasteiger partial charge on any atom is 0.326 e. The van der Waals surface area contributed by atoms with Crippen molar-refractivity contribution in [2.75, 3.05) is 6.54 Å². The molecule has 1 aliphatic carbocycles. The summed E-state index contributed by atoms with van der Waals surface area (Å²) in [4.78, 5) is 35.1. The molecule has 25 heavy (non-hydrogen) atoms. The van der Waals surface area contributed by atoms with E-state index < -0.39 is 23.9 Å². The summed E-state index contributed by atoms with van der Waals surface area (Å²) >= 11 is 0. The summed E-state index contributed by atoms with van der Waals surface area (Å²) in [5, 5.41) is 17.0. The van der Waals surface area contributed by atoms with Crippen molar-refractivity contribution in [3.63, 3.8) is 0 Å². The Kier molecular flexibility index (Phi) is 7.25. The molecule has 1 aromatic rings. The second kappa shape index (κ2) is 9.66. The van der Waals surface area contributed by atoms with E-state index in [0.717, 1.165) is 31.2 Å². The summed E-state index contributed by atoms with van der Waals surface area (Å²) in [6.07, 6.45) is 5.50. The minimum atomic E-state index is -1.11. The topological polar surface area (TPSA) is 108 Å². The third kappa shape index (κ3) is 6.82. The second-order valence-electron chi connectivity index (χ2n) is 6.31. The molecule has 0 saturated heterocycles. The van der Waals surface area contributed by atoms with E-state index in [-0.39, 0.29) is 19.0 Å². The molecule has 2 rings (SSSR count). The third-order valence-corrected chi connectivity index (χ3v) is 4.27. The minimum Gasteiger partial charge on any atom is -0.480 e. The van der Waals surface area contributed by atoms with Gasteiger partial charge < -0.3 is 21.1 Å². The van der Waals surface area contributed by atoms with Crippen LogP contribution in [0.2, 0.25) is 0 Å². The number of rotatable bonds is 7. The van der Waals surface area contributed by atoms with E-state index in [2.05, 4.69) is 16.0 Å². The lowest BCUT2D eigenvalue weighted by molar-refractivity contribution is -0.141. The Morgan fingerprint density at radius 2 is 1.76 bits per heavy atom. The van der Waals surface area contributed by atoms with Gasteiger partial charge in [-0.1, -0.05) is 49.6 Å². The zero-order valence-electron chi connectivity index (χ0n) is 14.2. The van der Waals surface area contributed by atoms with E-state index in [1.165, 1.54) is 6.42 Å². The molecule has 0 bridgehead atoms. The van der Waals surface area contributed by atoms with Gasteiger partial charge in [0.25, 0.3) is 0 Å². The predicted molar refractivity (Wildman–Crippen MR) is 93.1 cm³/mol. The molecule has 0 unspecified atom stereocenters. The third-order valence-electron chi connectivity index (χ3n) is 4.27. The van der Waals surface area contributed by atoms with Crippen LogP contribution in [0.5, 0.6) is 0 Å². The zero-order valence-corrected chi connectivity index (χ0v) is 14.2. The van der Waals surface area contributed by atoms with Crippen LogP contribution in [0, 0.1) is 0 Å². The molecule has 1 saturated carbocycles. The molecule has 0 aliphatic heterocycles. The highest BCUT2D eigenvalue weighted by Crippen LogP contribution is 2.17. The fourth-order valence-corrected chi connectivity index (χ4v) is 2.94. The molecule has 1 aromatic carbocycles. The van der Waals surface area contributed by atoms with Gasteiger partial charge in [0.05, 0.1) is 6.54 Å². The van der Waals surface area contributed by atoms with Crippen molar-refractivity contribution in [2.45, 2.75) is 50.6 Å². The lowest BCUT2D eigenvalue weighted by Gasteiger charge is -2.23. The number of amides is 3. The van der Waals surface area contributed by atoms with Gasteiger partial charge in [0, 0.05) is 12.5 Å². The van der Waals surface area contributed by atoms with Crippen molar-refractivity contribution in [1.82, 2.24) is 16.0 Å². The van der Waals surface area contributed by atoms with Crippen molar-refractivity contribution in [1.29, 1.82) is 0 Å². The highest BCUT2D eigenvalue weighted by atomic mass is 16.4. The van der Waals surface area contributed by atoms with Gasteiger partial charge in [-0.2, -0.15) is 0 Å². The Hall–Kier alpha value is -2.57. The Morgan fingerprint density at radius 3 is 2.40 bits per heavy atom. The standard InChI is InChI=1S/C18H25N3O4/c22-16(12-19-18(25)20-14-9-5-2-6-10-14)21-15(17(23)24)11-13-7-3-1-4-8-13/h1,3-4,7-8,14-15H,2,5-6,9-12H2,(H,21,22)(H,23,24)(H2,19,20,25)/t15-/m1/s1. The van der Waals surface area contributed by atoms with Gasteiger partial charge in [-0.3, -0.25) is 4.79 Å². The molecular formula is C18H25N3O4. The summed E-state index contributed by atoms with van der Waals surface area (Å²) in [5.74, 6) is -1.63. The van der Waals surface area contributed by atoms with Crippen LogP contribution in [0.4, 0.5) is 4.79 Å². The number of nitrogens with one attached hydrogen (secondary N) is 3. The monoisotopic (exact) mass is 347 g/mol. The van der Waals surface area contributed by atoms with Gasteiger partial charge in [-0.05, 0) is 18.4 Å². The molecule has 0 radical (unpaired) electrons. The van der Waals surface area contributed by atoms with Gasteiger partial charge in [0.1, 0.15) is 6.04 Å². The van der Waals surface area contributed by atoms with E-state index in [0.29, 0.717) is 0 Å². The Bertz CT molecular complexity index is 585. The van der Waals surface area contributed by atoms with Crippen molar-refractivity contribution in [3.8, 4) is 0 Å². The molecule has 0 spiro atoms. The number of hydrogen-bond acceptors (Lipinski definition) is 3. The Labute approximate surface area is 147 Å². The largest absolute Gasteiger partial charge is 0.480 e. The quantitative estimate of drug-likeness (QED) is 0.598. The first-order chi connectivity index (χ1) is 12.0. The van der Waals surface area contributed by atoms with E-state index in [9.17, 15) is 19.5 Å². The van der Waals surface area contributed by atoms with E-state index in [4.69, 9.17) is 0 Å². The molecule has 7 heteroatoms. The summed E-state index contributed by atoms with van der Waals surface area (Å²) in [7, 11) is 0. The van der Waals surface area contributed by atoms with Gasteiger partial charge in [-0.25, -0.2) is 9.59 Å². The van der Waals surface area contributed by atoms with Crippen molar-refractivity contribution >= 4 is 17.9 Å². The average Bonchev–Trinajstić information content (AvgIpc) is 2.61. The molecule has 1 aliphatic rings. The second-order valence-corrected chi connectivity index (χ2v) is 6.31. The molecule has 0 heterocycles. The lowest BCUT2D eigenvalue weighted by Crippen LogP contribution is -2.49. The number of carboxylic acid groups (broad SMARTS) is 1. The maximum absolute atomic E-state index is 11.9. The molecule has 7 nitrogen and oxygen atoms in total. The first kappa shape index (κ1) is 18.8. The Balaban J connectivity index is 1.74. The molecular weight excluding hydrogens is 322 g/mol. The molecule has 1 fully saturated rings. The molecule has 136 valence electrons. The molecule has 3 amide bonds. The fraction of sp³-hybridized carbons (Fsp3) is 0.500. The van der Waals surface area contributed by atoms with Crippen LogP contribution in [0.3, 0.4) is 0 Å². The highest BCUT2D eigenvalue weighted by Gasteiger charge is 2.21. The number of carbonyl (C=O) groups excluding carboxylic acids is 2. The van der Waals surface area contributed by atoms with E-state index >= 15 is 0 Å². The molecule has 0 aromatic heterocycles. The van der Waals surface area contributed by atoms with Gasteiger partial charge in [0.2, 0.25) is 5.91 Å². The average molecular weight is 347 g/mol. The van der Waals surface area contributed by atoms with Crippen molar-refractivity contribution in [3.05, 3.63) is 35.9 Å². The summed E-state index contributed by atoms with van der Waals surface area (Å²) in [5.41, 5.74) is 0.818. The lowest BCUT2D eigenvalue weighted by atomic mass is 9.96. The van der Waals surface area contributed by atoms with Crippen LogP contribution in [0.15, 0.2) is 30.3 Å². The summed E-state index contributed by atoms with van der Waals surface area (Å²) in [6, 6.07) is 7.81. The molecule has 4 N–H and O–H groups in total. The van der Waals surface area contributed by atoms with Crippen LogP contribution in [0.25, 0.3) is 0 Å². The van der Waals surface area contributed by atoms with Crippen LogP contribution in [-0.2, 0) is 16.0 Å². The number of benzene rings is 1. The van der Waals surface area contributed by atoms with Crippen LogP contribution < -0.4 is 16.0 Å². The SMILES string of the molecule is O=C(CNC(=O)NC1CCCCC1)N[C@H](Cc1ccccc1)C(=O)O. The van der Waals surface area contributed by atoms with E-state index in [1.54, 1.807) is 12.1 Å². The van der Waals surface area contributed by atoms with Crippen molar-refractivity contribution < 1.29 is 19.5 Å². The number of carbonyl (C=O) groups is 3. The fourth-order valence-electron chi connectivity index (χ4n) is 2.94. The van der Waals surface area contributed by atoms with Gasteiger partial charge >= 0.3 is 12.0 Å². The first-order valence-electron chi connectivity index (χ1n) is 8.65. The summed E-state index contributed by atoms with van der Waals surface area (Å²) in [6.45, 7) is -0.253. The zero-order chi connectivity index (χ0) is 18.1. The number of carboxylic acids is 1. The van der Waals surface area contributed by atoms with Crippen LogP contribution in [-0.4, -0.2) is 41.6 Å². The van der Waals surface area contributed by atoms with Crippen LogP contribution in [0.1, 0.15) is 37.7 Å². The smallest absolute Gasteiger partial charge is 0.326 e. The maximum atomic E-state index is 11.9. The minimum absolute atomic E-state index is 0.154. The number of hydrogen-bond donors (Lipinski definition) is 4. The predicted octanol–water partition coefficient (Wildman–Crippen LogP) is 1.43. The van der Waals surface area contributed by atoms with Crippen molar-refractivity contribution in [2.24, 2.45) is 0 Å². The molecule has 1 atom stereocenters. The van der Waals surface area contributed by atoms with Crippen LogP contribution >= 0.6 is 0 Å². The number of aliphatic carboxylic acids is 1. The van der Waals surface area contributed by atoms with Gasteiger partial charge in [0.15, 0.2) is 0 Å². The number of urea groups is 1. The van der Waals surface area contributed by atoms with E-state index in [1.807, 2.05) is 18.2 Å². The normalized spacial score (nSPS) is 15.8.